The third-order valence-electron chi connectivity index (χ3n) is 5.82. The first-order valence-electron chi connectivity index (χ1n) is 12.1. The Morgan fingerprint density at radius 1 is 0.892 bits per heavy atom. The van der Waals surface area contributed by atoms with Crippen LogP contribution in [-0.2, 0) is 32.6 Å². The number of carbonyl (C=O) groups excluding carboxylic acids is 2. The molecule has 1 N–H and O–H groups in total. The van der Waals surface area contributed by atoms with Gasteiger partial charge in [-0.3, -0.25) is 13.9 Å². The molecule has 0 aliphatic heterocycles. The number of nitrogens with one attached hydrogen (secondary N) is 1. The molecule has 0 aromatic heterocycles. The number of carbonyl (C=O) groups is 2. The predicted octanol–water partition coefficient (Wildman–Crippen LogP) is 3.76. The Labute approximate surface area is 218 Å². The maximum atomic E-state index is 14.6. The Kier molecular flexibility index (Phi) is 9.79. The van der Waals surface area contributed by atoms with Gasteiger partial charge in [-0.25, -0.2) is 12.8 Å². The highest BCUT2D eigenvalue weighted by molar-refractivity contribution is 7.92. The fraction of sp³-hybridized carbons (Fsp3) is 0.286. The van der Waals surface area contributed by atoms with Crippen molar-refractivity contribution >= 4 is 27.5 Å². The summed E-state index contributed by atoms with van der Waals surface area (Å²) in [4.78, 5) is 28.6. The highest BCUT2D eigenvalue weighted by atomic mass is 32.2. The highest BCUT2D eigenvalue weighted by Crippen LogP contribution is 2.23. The predicted molar refractivity (Wildman–Crippen MR) is 143 cm³/mol. The molecule has 196 valence electrons. The minimum atomic E-state index is -4.02. The van der Waals surface area contributed by atoms with E-state index in [1.165, 1.54) is 23.1 Å². The van der Waals surface area contributed by atoms with Crippen molar-refractivity contribution < 1.29 is 22.4 Å². The van der Waals surface area contributed by atoms with E-state index in [2.05, 4.69) is 5.32 Å². The smallest absolute Gasteiger partial charge is 0.244 e. The van der Waals surface area contributed by atoms with Crippen LogP contribution in [0.2, 0.25) is 0 Å². The Hall–Kier alpha value is -3.72. The highest BCUT2D eigenvalue weighted by Gasteiger charge is 2.33. The molecule has 1 atom stereocenters. The lowest BCUT2D eigenvalue weighted by atomic mass is 10.0. The molecule has 0 bridgehead atoms. The molecule has 0 fully saturated rings. The van der Waals surface area contributed by atoms with Gasteiger partial charge < -0.3 is 10.2 Å². The number of halogens is 1. The Morgan fingerprint density at radius 3 is 2.03 bits per heavy atom. The second-order valence-corrected chi connectivity index (χ2v) is 10.6. The van der Waals surface area contributed by atoms with Crippen LogP contribution in [-0.4, -0.2) is 50.5 Å². The van der Waals surface area contributed by atoms with Gasteiger partial charge in [0, 0.05) is 19.5 Å². The summed E-state index contributed by atoms with van der Waals surface area (Å²) in [7, 11) is -4.02. The first kappa shape index (κ1) is 27.9. The van der Waals surface area contributed by atoms with E-state index >= 15 is 0 Å². The van der Waals surface area contributed by atoms with Gasteiger partial charge in [0.1, 0.15) is 18.4 Å². The number of para-hydroxylation sites is 1. The summed E-state index contributed by atoms with van der Waals surface area (Å²) in [6, 6.07) is 22.9. The zero-order valence-corrected chi connectivity index (χ0v) is 21.8. The van der Waals surface area contributed by atoms with E-state index in [-0.39, 0.29) is 24.6 Å². The molecule has 7 nitrogen and oxygen atoms in total. The molecule has 3 aromatic carbocycles. The van der Waals surface area contributed by atoms with E-state index in [1.807, 2.05) is 67.6 Å². The topological polar surface area (TPSA) is 86.8 Å². The first-order valence-corrected chi connectivity index (χ1v) is 13.9. The summed E-state index contributed by atoms with van der Waals surface area (Å²) in [6.07, 6.45) is 1.86. The minimum Gasteiger partial charge on any atom is -0.354 e. The number of benzene rings is 3. The van der Waals surface area contributed by atoms with Crippen molar-refractivity contribution in [2.75, 3.05) is 23.7 Å². The Bertz CT molecular complexity index is 1290. The van der Waals surface area contributed by atoms with Crippen LogP contribution in [0.4, 0.5) is 10.1 Å². The number of sulfonamides is 1. The van der Waals surface area contributed by atoms with Crippen LogP contribution in [0.3, 0.4) is 0 Å². The summed E-state index contributed by atoms with van der Waals surface area (Å²) < 4.78 is 40.6. The average Bonchev–Trinajstić information content (AvgIpc) is 2.89. The van der Waals surface area contributed by atoms with Gasteiger partial charge in [0.05, 0.1) is 11.9 Å². The fourth-order valence-electron chi connectivity index (χ4n) is 3.95. The van der Waals surface area contributed by atoms with Crippen molar-refractivity contribution in [3.05, 3.63) is 102 Å². The lowest BCUT2D eigenvalue weighted by molar-refractivity contribution is -0.140. The number of amides is 2. The number of hydrogen-bond acceptors (Lipinski definition) is 4. The van der Waals surface area contributed by atoms with Crippen LogP contribution in [0.5, 0.6) is 0 Å². The Balaban J connectivity index is 2.03. The molecule has 3 aromatic rings. The van der Waals surface area contributed by atoms with Gasteiger partial charge in [-0.2, -0.15) is 0 Å². The SMILES string of the molecule is CCCNC(=O)[C@H](Cc1ccccc1)N(Cc1ccccc1)C(=O)CN(c1ccccc1F)S(C)(=O)=O. The summed E-state index contributed by atoms with van der Waals surface area (Å²) >= 11 is 0. The van der Waals surface area contributed by atoms with Gasteiger partial charge in [-0.15, -0.1) is 0 Å². The Morgan fingerprint density at radius 2 is 1.46 bits per heavy atom. The van der Waals surface area contributed by atoms with Gasteiger partial charge in [0.25, 0.3) is 0 Å². The molecular weight excluding hydrogens is 493 g/mol. The monoisotopic (exact) mass is 525 g/mol. The fourth-order valence-corrected chi connectivity index (χ4v) is 4.80. The number of hydrogen-bond donors (Lipinski definition) is 1. The zero-order chi connectivity index (χ0) is 26.8. The second kappa shape index (κ2) is 13.0. The van der Waals surface area contributed by atoms with Crippen LogP contribution in [0.1, 0.15) is 24.5 Å². The third kappa shape index (κ3) is 7.88. The van der Waals surface area contributed by atoms with Gasteiger partial charge in [0.2, 0.25) is 21.8 Å². The van der Waals surface area contributed by atoms with Crippen LogP contribution in [0.25, 0.3) is 0 Å². The van der Waals surface area contributed by atoms with Crippen molar-refractivity contribution in [2.45, 2.75) is 32.4 Å². The van der Waals surface area contributed by atoms with Crippen LogP contribution in [0.15, 0.2) is 84.9 Å². The molecule has 0 saturated carbocycles. The van der Waals surface area contributed by atoms with Crippen molar-refractivity contribution in [3.63, 3.8) is 0 Å². The number of anilines is 1. The van der Waals surface area contributed by atoms with E-state index in [0.29, 0.717) is 13.0 Å². The molecule has 0 saturated heterocycles. The number of rotatable bonds is 12. The molecule has 37 heavy (non-hydrogen) atoms. The summed E-state index contributed by atoms with van der Waals surface area (Å²) in [5.41, 5.74) is 1.39. The maximum absolute atomic E-state index is 14.6. The van der Waals surface area contributed by atoms with Crippen molar-refractivity contribution in [2.24, 2.45) is 0 Å². The minimum absolute atomic E-state index is 0.0750. The molecule has 0 spiro atoms. The van der Waals surface area contributed by atoms with Gasteiger partial charge in [-0.05, 0) is 29.7 Å². The average molecular weight is 526 g/mol. The standard InChI is InChI=1S/C28H32FN3O4S/c1-3-18-30-28(34)26(19-22-12-6-4-7-13-22)31(20-23-14-8-5-9-15-23)27(33)21-32(37(2,35)36)25-17-11-10-16-24(25)29/h4-17,26H,3,18-21H2,1-2H3,(H,30,34)/t26-/m0/s1. The van der Waals surface area contributed by atoms with E-state index in [1.54, 1.807) is 0 Å². The van der Waals surface area contributed by atoms with Gasteiger partial charge in [-0.1, -0.05) is 79.7 Å². The van der Waals surface area contributed by atoms with Crippen molar-refractivity contribution in [1.29, 1.82) is 0 Å². The first-order chi connectivity index (χ1) is 17.7. The molecule has 0 radical (unpaired) electrons. The van der Waals surface area contributed by atoms with Crippen molar-refractivity contribution in [3.8, 4) is 0 Å². The normalized spacial score (nSPS) is 12.0. The zero-order valence-electron chi connectivity index (χ0n) is 21.0. The van der Waals surface area contributed by atoms with E-state index in [0.717, 1.165) is 27.8 Å². The lowest BCUT2D eigenvalue weighted by Gasteiger charge is -2.33. The van der Waals surface area contributed by atoms with Gasteiger partial charge >= 0.3 is 0 Å². The number of nitrogens with zero attached hydrogens (tertiary/aromatic N) is 2. The van der Waals surface area contributed by atoms with E-state index < -0.39 is 34.3 Å². The summed E-state index contributed by atoms with van der Waals surface area (Å²) in [5.74, 6) is -1.73. The molecule has 0 aliphatic carbocycles. The lowest BCUT2D eigenvalue weighted by Crippen LogP contribution is -2.53. The third-order valence-corrected chi connectivity index (χ3v) is 6.94. The largest absolute Gasteiger partial charge is 0.354 e. The van der Waals surface area contributed by atoms with Crippen LogP contribution < -0.4 is 9.62 Å². The molecule has 2 amide bonds. The molecule has 0 heterocycles. The molecule has 0 aliphatic rings. The van der Waals surface area contributed by atoms with Crippen LogP contribution in [0, 0.1) is 5.82 Å². The molecule has 3 rings (SSSR count). The summed E-state index contributed by atoms with van der Waals surface area (Å²) in [6.45, 7) is 1.78. The molecular formula is C28H32FN3O4S. The molecule has 0 unspecified atom stereocenters. The van der Waals surface area contributed by atoms with E-state index in [4.69, 9.17) is 0 Å². The van der Waals surface area contributed by atoms with Crippen molar-refractivity contribution in [1.82, 2.24) is 10.2 Å². The van der Waals surface area contributed by atoms with Gasteiger partial charge in [0.15, 0.2) is 0 Å². The van der Waals surface area contributed by atoms with Crippen LogP contribution >= 0.6 is 0 Å². The second-order valence-electron chi connectivity index (χ2n) is 8.72. The van der Waals surface area contributed by atoms with E-state index in [9.17, 15) is 22.4 Å². The molecule has 9 heteroatoms. The maximum Gasteiger partial charge on any atom is 0.244 e. The quantitative estimate of drug-likeness (QED) is 0.390. The summed E-state index contributed by atoms with van der Waals surface area (Å²) in [5, 5.41) is 2.87.